The average Bonchev–Trinajstić information content (AvgIpc) is 3.52. The van der Waals surface area contributed by atoms with Crippen LogP contribution >= 0.6 is 0 Å². The van der Waals surface area contributed by atoms with E-state index < -0.39 is 0 Å². The fourth-order valence-electron chi connectivity index (χ4n) is 8.09. The standard InChI is InChI=1S/C43H32N2O3/c1-2-29-38(26-13-4-3-5-14-26)43-40(31-17-6-8-21-34(31)47-43)44-39(29)28-16-10-15-27(25-28)30-18-11-20-33-42(30)48-37-24-12-23-36-41(37)45(33)32-19-7-9-22-35(32)46-36/h3-25,29,38-39,44H,2H2,1H3. The summed E-state index contributed by atoms with van der Waals surface area (Å²) in [4.78, 5) is 2.28. The molecule has 4 heterocycles. The van der Waals surface area contributed by atoms with Gasteiger partial charge in [0, 0.05) is 16.9 Å². The molecule has 0 saturated carbocycles. The number of benzene rings is 6. The Kier molecular flexibility index (Phi) is 5.97. The Labute approximate surface area is 279 Å². The van der Waals surface area contributed by atoms with Gasteiger partial charge in [0.05, 0.1) is 23.1 Å². The maximum Gasteiger partial charge on any atom is 0.159 e. The summed E-state index contributed by atoms with van der Waals surface area (Å²) in [5.41, 5.74) is 9.62. The van der Waals surface area contributed by atoms with Gasteiger partial charge in [0.25, 0.3) is 0 Å². The van der Waals surface area contributed by atoms with E-state index >= 15 is 0 Å². The molecular weight excluding hydrogens is 592 g/mol. The van der Waals surface area contributed by atoms with E-state index in [0.717, 1.165) is 80.0 Å². The van der Waals surface area contributed by atoms with Crippen molar-refractivity contribution in [1.29, 1.82) is 0 Å². The fraction of sp³-hybridized carbons (Fsp3) is 0.116. The third-order valence-electron chi connectivity index (χ3n) is 10.2. The first-order valence-electron chi connectivity index (χ1n) is 16.7. The van der Waals surface area contributed by atoms with Gasteiger partial charge in [0.15, 0.2) is 23.0 Å². The quantitative estimate of drug-likeness (QED) is 0.211. The molecule has 0 amide bonds. The monoisotopic (exact) mass is 624 g/mol. The van der Waals surface area contributed by atoms with Crippen LogP contribution in [0.3, 0.4) is 0 Å². The van der Waals surface area contributed by atoms with E-state index in [-0.39, 0.29) is 17.9 Å². The van der Waals surface area contributed by atoms with Crippen molar-refractivity contribution < 1.29 is 13.9 Å². The molecule has 0 spiro atoms. The summed E-state index contributed by atoms with van der Waals surface area (Å²) in [7, 11) is 0. The lowest BCUT2D eigenvalue weighted by molar-refractivity contribution is 0.339. The fourth-order valence-corrected chi connectivity index (χ4v) is 8.09. The van der Waals surface area contributed by atoms with Crippen LogP contribution in [0.2, 0.25) is 0 Å². The number of fused-ring (bicyclic) bond motifs is 7. The third-order valence-corrected chi connectivity index (χ3v) is 10.2. The highest BCUT2D eigenvalue weighted by atomic mass is 16.5. The van der Waals surface area contributed by atoms with Crippen LogP contribution in [-0.2, 0) is 0 Å². The molecule has 5 nitrogen and oxygen atoms in total. The molecule has 6 aromatic carbocycles. The van der Waals surface area contributed by atoms with Crippen LogP contribution < -0.4 is 19.7 Å². The molecule has 3 aliphatic heterocycles. The van der Waals surface area contributed by atoms with E-state index in [4.69, 9.17) is 13.9 Å². The van der Waals surface area contributed by atoms with E-state index in [1.807, 2.05) is 36.4 Å². The summed E-state index contributed by atoms with van der Waals surface area (Å²) >= 11 is 0. The summed E-state index contributed by atoms with van der Waals surface area (Å²) in [6.45, 7) is 2.29. The lowest BCUT2D eigenvalue weighted by atomic mass is 9.73. The topological polar surface area (TPSA) is 46.9 Å². The molecule has 48 heavy (non-hydrogen) atoms. The highest BCUT2D eigenvalue weighted by molar-refractivity contribution is 5.97. The minimum Gasteiger partial charge on any atom is -0.458 e. The molecule has 3 unspecified atom stereocenters. The molecule has 3 aliphatic rings. The molecule has 7 aromatic rings. The van der Waals surface area contributed by atoms with E-state index in [0.29, 0.717) is 0 Å². The van der Waals surface area contributed by atoms with Gasteiger partial charge < -0.3 is 19.2 Å². The second-order valence-corrected chi connectivity index (χ2v) is 12.8. The number of furan rings is 1. The molecular formula is C43H32N2O3. The second-order valence-electron chi connectivity index (χ2n) is 12.8. The zero-order valence-corrected chi connectivity index (χ0v) is 26.4. The van der Waals surface area contributed by atoms with Crippen LogP contribution in [0.25, 0.3) is 22.1 Å². The number of nitrogens with one attached hydrogen (secondary N) is 1. The number of ether oxygens (including phenoxy) is 2. The smallest absolute Gasteiger partial charge is 0.159 e. The van der Waals surface area contributed by atoms with Gasteiger partial charge in [-0.1, -0.05) is 97.9 Å². The number of hydrogen-bond donors (Lipinski definition) is 1. The Morgan fingerprint density at radius 1 is 0.646 bits per heavy atom. The van der Waals surface area contributed by atoms with Crippen molar-refractivity contribution in [2.24, 2.45) is 5.92 Å². The molecule has 0 bridgehead atoms. The zero-order valence-electron chi connectivity index (χ0n) is 26.4. The highest BCUT2D eigenvalue weighted by Crippen LogP contribution is 2.61. The Hall–Kier alpha value is -5.94. The van der Waals surface area contributed by atoms with Crippen molar-refractivity contribution in [1.82, 2.24) is 0 Å². The van der Waals surface area contributed by atoms with Crippen molar-refractivity contribution in [3.8, 4) is 34.1 Å². The molecule has 1 N–H and O–H groups in total. The molecule has 232 valence electrons. The molecule has 0 saturated heterocycles. The number of nitrogens with zero attached hydrogens (tertiary/aromatic N) is 1. The van der Waals surface area contributed by atoms with Gasteiger partial charge in [-0.25, -0.2) is 0 Å². The lowest BCUT2D eigenvalue weighted by Crippen LogP contribution is -2.31. The van der Waals surface area contributed by atoms with Crippen LogP contribution in [0.1, 0.15) is 42.2 Å². The summed E-state index contributed by atoms with van der Waals surface area (Å²) in [6, 6.07) is 48.9. The first-order valence-corrected chi connectivity index (χ1v) is 16.7. The SMILES string of the molecule is CCC1C(c2cccc(-c3cccc4c3Oc3cccc5c3N4c3ccccc3O5)c2)Nc2c(oc3ccccc23)C1c1ccccc1. The summed E-state index contributed by atoms with van der Waals surface area (Å²) < 4.78 is 19.7. The minimum atomic E-state index is 0.0727. The maximum atomic E-state index is 6.76. The van der Waals surface area contributed by atoms with Crippen molar-refractivity contribution in [3.63, 3.8) is 0 Å². The summed E-state index contributed by atoms with van der Waals surface area (Å²) in [5.74, 6) is 4.65. The molecule has 5 heteroatoms. The third kappa shape index (κ3) is 3.97. The van der Waals surface area contributed by atoms with Crippen LogP contribution in [-0.4, -0.2) is 0 Å². The highest BCUT2D eigenvalue weighted by Gasteiger charge is 2.41. The Morgan fingerprint density at radius 3 is 2.25 bits per heavy atom. The van der Waals surface area contributed by atoms with Crippen LogP contribution in [0, 0.1) is 5.92 Å². The Morgan fingerprint density at radius 2 is 1.35 bits per heavy atom. The van der Waals surface area contributed by atoms with Crippen LogP contribution in [0.5, 0.6) is 23.0 Å². The van der Waals surface area contributed by atoms with Gasteiger partial charge >= 0.3 is 0 Å². The van der Waals surface area contributed by atoms with E-state index in [2.05, 4.69) is 120 Å². The average molecular weight is 625 g/mol. The number of rotatable bonds is 4. The van der Waals surface area contributed by atoms with Crippen molar-refractivity contribution in [2.45, 2.75) is 25.3 Å². The first kappa shape index (κ1) is 27.2. The molecule has 3 atom stereocenters. The van der Waals surface area contributed by atoms with Gasteiger partial charge in [0.1, 0.15) is 17.0 Å². The molecule has 0 radical (unpaired) electrons. The van der Waals surface area contributed by atoms with Gasteiger partial charge in [0.2, 0.25) is 0 Å². The molecule has 0 fully saturated rings. The van der Waals surface area contributed by atoms with Gasteiger partial charge in [-0.3, -0.25) is 4.90 Å². The van der Waals surface area contributed by atoms with Crippen LogP contribution in [0.15, 0.2) is 144 Å². The van der Waals surface area contributed by atoms with E-state index in [1.54, 1.807) is 0 Å². The normalized spacial score (nSPS) is 18.4. The summed E-state index contributed by atoms with van der Waals surface area (Å²) in [5, 5.41) is 5.11. The van der Waals surface area contributed by atoms with Gasteiger partial charge in [-0.05, 0) is 77.6 Å². The van der Waals surface area contributed by atoms with Gasteiger partial charge in [-0.15, -0.1) is 0 Å². The molecule has 1 aromatic heterocycles. The van der Waals surface area contributed by atoms with E-state index in [1.165, 1.54) is 11.1 Å². The van der Waals surface area contributed by atoms with E-state index in [9.17, 15) is 0 Å². The second kappa shape index (κ2) is 10.5. The van der Waals surface area contributed by atoms with Crippen molar-refractivity contribution in [3.05, 3.63) is 156 Å². The Bertz CT molecular complexity index is 2360. The molecule has 10 rings (SSSR count). The minimum absolute atomic E-state index is 0.0727. The lowest BCUT2D eigenvalue weighted by Gasteiger charge is -2.39. The molecule has 0 aliphatic carbocycles. The number of anilines is 4. The van der Waals surface area contributed by atoms with Crippen molar-refractivity contribution >= 4 is 33.7 Å². The Balaban J connectivity index is 1.11. The zero-order chi connectivity index (χ0) is 31.8. The number of hydrogen-bond acceptors (Lipinski definition) is 5. The largest absolute Gasteiger partial charge is 0.458 e. The predicted octanol–water partition coefficient (Wildman–Crippen LogP) is 12.1. The van der Waals surface area contributed by atoms with Crippen LogP contribution in [0.4, 0.5) is 22.7 Å². The first-order chi connectivity index (χ1) is 23.8. The maximum absolute atomic E-state index is 6.76. The summed E-state index contributed by atoms with van der Waals surface area (Å²) in [6.07, 6.45) is 0.983. The van der Waals surface area contributed by atoms with Gasteiger partial charge in [-0.2, -0.15) is 0 Å². The number of para-hydroxylation sites is 5. The van der Waals surface area contributed by atoms with Crippen molar-refractivity contribution in [2.75, 3.05) is 10.2 Å². The predicted molar refractivity (Wildman–Crippen MR) is 191 cm³/mol.